The SMILES string of the molecule is Cc1nc(N2CCN(C)CC2)ncc1Sc1cccc(N)c1. The summed E-state index contributed by atoms with van der Waals surface area (Å²) in [6.07, 6.45) is 1.92. The number of nitrogen functional groups attached to an aromatic ring is 1. The maximum Gasteiger partial charge on any atom is 0.225 e. The van der Waals surface area contributed by atoms with E-state index in [1.54, 1.807) is 11.8 Å². The molecule has 1 aliphatic heterocycles. The molecule has 0 atom stereocenters. The van der Waals surface area contributed by atoms with E-state index in [-0.39, 0.29) is 0 Å². The fraction of sp³-hybridized carbons (Fsp3) is 0.375. The van der Waals surface area contributed by atoms with Crippen LogP contribution in [0.5, 0.6) is 0 Å². The third-order valence-electron chi connectivity index (χ3n) is 3.79. The van der Waals surface area contributed by atoms with Crippen LogP contribution in [0.15, 0.2) is 40.3 Å². The van der Waals surface area contributed by atoms with Gasteiger partial charge in [0.1, 0.15) is 0 Å². The number of rotatable bonds is 3. The lowest BCUT2D eigenvalue weighted by Gasteiger charge is -2.32. The smallest absolute Gasteiger partial charge is 0.225 e. The minimum absolute atomic E-state index is 0.776. The van der Waals surface area contributed by atoms with E-state index in [0.29, 0.717) is 0 Å². The molecule has 1 aromatic heterocycles. The first kappa shape index (κ1) is 15.1. The zero-order valence-corrected chi connectivity index (χ0v) is 13.8. The summed E-state index contributed by atoms with van der Waals surface area (Å²) in [4.78, 5) is 16.0. The molecule has 0 amide bonds. The summed E-state index contributed by atoms with van der Waals surface area (Å²) in [7, 11) is 2.15. The number of likely N-dealkylation sites (N-methyl/N-ethyl adjacent to an activating group) is 1. The van der Waals surface area contributed by atoms with E-state index < -0.39 is 0 Å². The minimum atomic E-state index is 0.776. The molecule has 0 bridgehead atoms. The van der Waals surface area contributed by atoms with E-state index in [0.717, 1.165) is 53.3 Å². The fourth-order valence-electron chi connectivity index (χ4n) is 2.41. The predicted octanol–water partition coefficient (Wildman–Crippen LogP) is 2.27. The van der Waals surface area contributed by atoms with Gasteiger partial charge in [-0.25, -0.2) is 9.97 Å². The van der Waals surface area contributed by atoms with E-state index in [9.17, 15) is 0 Å². The molecule has 2 N–H and O–H groups in total. The highest BCUT2D eigenvalue weighted by Gasteiger charge is 2.17. The van der Waals surface area contributed by atoms with Crippen LogP contribution in [0.3, 0.4) is 0 Å². The van der Waals surface area contributed by atoms with Crippen molar-refractivity contribution in [3.05, 3.63) is 36.2 Å². The Bertz CT molecular complexity index is 653. The highest BCUT2D eigenvalue weighted by atomic mass is 32.2. The third kappa shape index (κ3) is 3.51. The predicted molar refractivity (Wildman–Crippen MR) is 91.5 cm³/mol. The van der Waals surface area contributed by atoms with Crippen molar-refractivity contribution >= 4 is 23.4 Å². The molecule has 0 saturated carbocycles. The van der Waals surface area contributed by atoms with Crippen molar-refractivity contribution in [3.63, 3.8) is 0 Å². The Morgan fingerprint density at radius 2 is 1.95 bits per heavy atom. The van der Waals surface area contributed by atoms with Crippen LogP contribution in [0.25, 0.3) is 0 Å². The number of nitrogens with two attached hydrogens (primary N) is 1. The van der Waals surface area contributed by atoms with E-state index in [4.69, 9.17) is 5.73 Å². The number of anilines is 2. The van der Waals surface area contributed by atoms with Crippen LogP contribution in [0.4, 0.5) is 11.6 Å². The number of piperazine rings is 1. The van der Waals surface area contributed by atoms with Crippen molar-refractivity contribution in [2.45, 2.75) is 16.7 Å². The number of hydrogen-bond acceptors (Lipinski definition) is 6. The van der Waals surface area contributed by atoms with Crippen LogP contribution in [-0.4, -0.2) is 48.1 Å². The van der Waals surface area contributed by atoms with Crippen LogP contribution in [-0.2, 0) is 0 Å². The summed E-state index contributed by atoms with van der Waals surface area (Å²) in [5.41, 5.74) is 7.61. The Hall–Kier alpha value is -1.79. The molecule has 5 nitrogen and oxygen atoms in total. The highest BCUT2D eigenvalue weighted by molar-refractivity contribution is 7.99. The van der Waals surface area contributed by atoms with Crippen molar-refractivity contribution in [1.29, 1.82) is 0 Å². The molecule has 2 aromatic rings. The van der Waals surface area contributed by atoms with Crippen molar-refractivity contribution in [2.24, 2.45) is 0 Å². The van der Waals surface area contributed by atoms with E-state index in [1.807, 2.05) is 31.3 Å². The lowest BCUT2D eigenvalue weighted by molar-refractivity contribution is 0.311. The van der Waals surface area contributed by atoms with Gasteiger partial charge < -0.3 is 15.5 Å². The minimum Gasteiger partial charge on any atom is -0.399 e. The van der Waals surface area contributed by atoms with Crippen LogP contribution in [0, 0.1) is 6.92 Å². The molecule has 0 unspecified atom stereocenters. The molecule has 6 heteroatoms. The van der Waals surface area contributed by atoms with Gasteiger partial charge in [-0.2, -0.15) is 0 Å². The molecule has 0 aliphatic carbocycles. The normalized spacial score (nSPS) is 16.0. The third-order valence-corrected chi connectivity index (χ3v) is 4.90. The summed E-state index contributed by atoms with van der Waals surface area (Å²) < 4.78 is 0. The first-order chi connectivity index (χ1) is 10.6. The summed E-state index contributed by atoms with van der Waals surface area (Å²) in [5, 5.41) is 0. The van der Waals surface area contributed by atoms with Gasteiger partial charge in [0, 0.05) is 43.0 Å². The van der Waals surface area contributed by atoms with Gasteiger partial charge in [-0.3, -0.25) is 0 Å². The number of hydrogen-bond donors (Lipinski definition) is 1. The average molecular weight is 315 g/mol. The molecule has 1 fully saturated rings. The molecule has 0 radical (unpaired) electrons. The molecule has 3 rings (SSSR count). The quantitative estimate of drug-likeness (QED) is 0.877. The summed E-state index contributed by atoms with van der Waals surface area (Å²) in [6, 6.07) is 7.88. The maximum absolute atomic E-state index is 5.83. The molecule has 1 aromatic carbocycles. The van der Waals surface area contributed by atoms with E-state index in [2.05, 4.69) is 32.9 Å². The lowest BCUT2D eigenvalue weighted by atomic mass is 10.3. The maximum atomic E-state index is 5.83. The largest absolute Gasteiger partial charge is 0.399 e. The van der Waals surface area contributed by atoms with Gasteiger partial charge in [0.2, 0.25) is 5.95 Å². The average Bonchev–Trinajstić information content (AvgIpc) is 2.50. The topological polar surface area (TPSA) is 58.3 Å². The van der Waals surface area contributed by atoms with Crippen LogP contribution >= 0.6 is 11.8 Å². The summed E-state index contributed by atoms with van der Waals surface area (Å²) in [5.74, 6) is 0.836. The number of aromatic nitrogens is 2. The van der Waals surface area contributed by atoms with Gasteiger partial charge >= 0.3 is 0 Å². The Kier molecular flexibility index (Phi) is 4.49. The number of nitrogens with zero attached hydrogens (tertiary/aromatic N) is 4. The molecular weight excluding hydrogens is 294 g/mol. The number of aryl methyl sites for hydroxylation is 1. The van der Waals surface area contributed by atoms with Gasteiger partial charge in [0.25, 0.3) is 0 Å². The Labute approximate surface area is 135 Å². The van der Waals surface area contributed by atoms with Crippen molar-refractivity contribution in [1.82, 2.24) is 14.9 Å². The van der Waals surface area contributed by atoms with Crippen molar-refractivity contribution < 1.29 is 0 Å². The van der Waals surface area contributed by atoms with Gasteiger partial charge in [0.05, 0.1) is 10.6 Å². The van der Waals surface area contributed by atoms with Crippen LogP contribution in [0.1, 0.15) is 5.69 Å². The van der Waals surface area contributed by atoms with Crippen LogP contribution < -0.4 is 10.6 Å². The Balaban J connectivity index is 1.75. The van der Waals surface area contributed by atoms with Gasteiger partial charge in [-0.15, -0.1) is 0 Å². The second kappa shape index (κ2) is 6.54. The lowest BCUT2D eigenvalue weighted by Crippen LogP contribution is -2.45. The Morgan fingerprint density at radius 1 is 1.18 bits per heavy atom. The Morgan fingerprint density at radius 3 is 2.64 bits per heavy atom. The van der Waals surface area contributed by atoms with Crippen molar-refractivity contribution in [2.75, 3.05) is 43.9 Å². The van der Waals surface area contributed by atoms with E-state index in [1.165, 1.54) is 0 Å². The molecule has 2 heterocycles. The first-order valence-electron chi connectivity index (χ1n) is 7.42. The van der Waals surface area contributed by atoms with Gasteiger partial charge in [-0.05, 0) is 32.2 Å². The molecule has 0 spiro atoms. The number of benzene rings is 1. The zero-order valence-electron chi connectivity index (χ0n) is 13.0. The summed E-state index contributed by atoms with van der Waals surface area (Å²) in [6.45, 7) is 6.12. The first-order valence-corrected chi connectivity index (χ1v) is 8.24. The second-order valence-electron chi connectivity index (χ2n) is 5.58. The molecule has 116 valence electrons. The second-order valence-corrected chi connectivity index (χ2v) is 6.70. The molecular formula is C16H21N5S. The molecule has 1 saturated heterocycles. The fourth-order valence-corrected chi connectivity index (χ4v) is 3.30. The molecule has 22 heavy (non-hydrogen) atoms. The summed E-state index contributed by atoms with van der Waals surface area (Å²) >= 11 is 1.65. The van der Waals surface area contributed by atoms with Gasteiger partial charge in [-0.1, -0.05) is 17.8 Å². The van der Waals surface area contributed by atoms with Crippen molar-refractivity contribution in [3.8, 4) is 0 Å². The molecule has 1 aliphatic rings. The van der Waals surface area contributed by atoms with E-state index >= 15 is 0 Å². The monoisotopic (exact) mass is 315 g/mol. The van der Waals surface area contributed by atoms with Crippen LogP contribution in [0.2, 0.25) is 0 Å². The zero-order chi connectivity index (χ0) is 15.5. The van der Waals surface area contributed by atoms with Gasteiger partial charge in [0.15, 0.2) is 0 Å². The highest BCUT2D eigenvalue weighted by Crippen LogP contribution is 2.30. The standard InChI is InChI=1S/C16H21N5S/c1-12-15(22-14-5-3-4-13(17)10-14)11-18-16(19-12)21-8-6-20(2)7-9-21/h3-5,10-11H,6-9,17H2,1-2H3.